The van der Waals surface area contributed by atoms with Crippen molar-refractivity contribution < 1.29 is 13.2 Å². The number of primary sulfonamides is 1. The zero-order chi connectivity index (χ0) is 14.9. The molecule has 4 N–H and O–H groups in total. The first-order chi connectivity index (χ1) is 9.28. The molecule has 108 valence electrons. The zero-order valence-electron chi connectivity index (χ0n) is 11.4. The Kier molecular flexibility index (Phi) is 3.82. The molecular formula is C13H17N3O3S. The molecule has 0 radical (unpaired) electrons. The summed E-state index contributed by atoms with van der Waals surface area (Å²) in [6, 6.07) is 5.33. The van der Waals surface area contributed by atoms with E-state index in [0.29, 0.717) is 5.56 Å². The number of fused-ring (bicyclic) bond motifs is 1. The second-order valence-corrected chi connectivity index (χ2v) is 6.49. The highest BCUT2D eigenvalue weighted by molar-refractivity contribution is 7.89. The number of amides is 1. The number of rotatable bonds is 4. The first kappa shape index (κ1) is 14.5. The predicted molar refractivity (Wildman–Crippen MR) is 78.1 cm³/mol. The van der Waals surface area contributed by atoms with Gasteiger partial charge in [-0.3, -0.25) is 4.79 Å². The van der Waals surface area contributed by atoms with E-state index in [4.69, 9.17) is 5.14 Å². The Labute approximate surface area is 117 Å². The number of aromatic amines is 1. The minimum absolute atomic E-state index is 0.000844. The molecule has 6 nitrogen and oxygen atoms in total. The van der Waals surface area contributed by atoms with Crippen molar-refractivity contribution in [1.29, 1.82) is 0 Å². The smallest absolute Gasteiger partial charge is 0.251 e. The fourth-order valence-electron chi connectivity index (χ4n) is 2.01. The lowest BCUT2D eigenvalue weighted by Crippen LogP contribution is -2.31. The summed E-state index contributed by atoms with van der Waals surface area (Å²) in [4.78, 5) is 15.2. The van der Waals surface area contributed by atoms with Gasteiger partial charge in [0.15, 0.2) is 0 Å². The number of H-pyrrole nitrogens is 1. The van der Waals surface area contributed by atoms with Crippen LogP contribution in [-0.4, -0.2) is 31.6 Å². The molecular weight excluding hydrogens is 278 g/mol. The Morgan fingerprint density at radius 3 is 2.70 bits per heavy atom. The number of carbonyl (C=O) groups excluding carboxylic acids is 1. The molecule has 0 spiro atoms. The number of benzene rings is 1. The van der Waals surface area contributed by atoms with Gasteiger partial charge < -0.3 is 10.3 Å². The fraction of sp³-hybridized carbons (Fsp3) is 0.308. The first-order valence-electron chi connectivity index (χ1n) is 6.15. The molecule has 20 heavy (non-hydrogen) atoms. The molecule has 0 aliphatic rings. The number of aromatic nitrogens is 1. The van der Waals surface area contributed by atoms with E-state index in [1.807, 2.05) is 19.9 Å². The number of nitrogens with one attached hydrogen (secondary N) is 2. The van der Waals surface area contributed by atoms with Crippen molar-refractivity contribution in [3.05, 3.63) is 35.0 Å². The number of carbonyl (C=O) groups is 1. The highest BCUT2D eigenvalue weighted by Crippen LogP contribution is 2.22. The van der Waals surface area contributed by atoms with E-state index in [1.165, 1.54) is 0 Å². The molecule has 0 saturated heterocycles. The molecule has 0 bridgehead atoms. The van der Waals surface area contributed by atoms with E-state index in [2.05, 4.69) is 10.3 Å². The average molecular weight is 295 g/mol. The summed E-state index contributed by atoms with van der Waals surface area (Å²) in [5.41, 5.74) is 3.63. The lowest BCUT2D eigenvalue weighted by Gasteiger charge is -2.04. The average Bonchev–Trinajstić information content (AvgIpc) is 2.63. The standard InChI is InChI=1S/C13H17N3O3S/c1-8-9(2)16-12-4-3-10(7-11(8)12)13(17)15-5-6-20(14,18)19/h3-4,7,16H,5-6H2,1-2H3,(H,15,17)(H2,14,18,19). The summed E-state index contributed by atoms with van der Waals surface area (Å²) in [5.74, 6) is -0.586. The Hall–Kier alpha value is -1.86. The second-order valence-electron chi connectivity index (χ2n) is 4.76. The van der Waals surface area contributed by atoms with Crippen LogP contribution in [0.3, 0.4) is 0 Å². The van der Waals surface area contributed by atoms with E-state index in [0.717, 1.165) is 22.2 Å². The molecule has 2 rings (SSSR count). The van der Waals surface area contributed by atoms with Gasteiger partial charge in [0.2, 0.25) is 10.0 Å². The molecule has 0 fully saturated rings. The summed E-state index contributed by atoms with van der Waals surface area (Å²) < 4.78 is 21.6. The number of aryl methyl sites for hydroxylation is 2. The van der Waals surface area contributed by atoms with Gasteiger partial charge in [0.1, 0.15) is 0 Å². The van der Waals surface area contributed by atoms with Crippen molar-refractivity contribution >= 4 is 26.8 Å². The summed E-state index contributed by atoms with van der Waals surface area (Å²) in [7, 11) is -3.56. The van der Waals surface area contributed by atoms with E-state index >= 15 is 0 Å². The summed E-state index contributed by atoms with van der Waals surface area (Å²) >= 11 is 0. The Morgan fingerprint density at radius 1 is 1.35 bits per heavy atom. The van der Waals surface area contributed by atoms with Crippen LogP contribution in [0.15, 0.2) is 18.2 Å². The third-order valence-electron chi connectivity index (χ3n) is 3.24. The SMILES string of the molecule is Cc1[nH]c2ccc(C(=O)NCCS(N)(=O)=O)cc2c1C. The summed E-state index contributed by atoms with van der Waals surface area (Å²) in [6.07, 6.45) is 0. The van der Waals surface area contributed by atoms with Crippen LogP contribution in [0, 0.1) is 13.8 Å². The van der Waals surface area contributed by atoms with Gasteiger partial charge in [0, 0.05) is 28.7 Å². The van der Waals surface area contributed by atoms with Gasteiger partial charge in [-0.1, -0.05) is 0 Å². The maximum absolute atomic E-state index is 11.9. The van der Waals surface area contributed by atoms with Crippen molar-refractivity contribution in [2.45, 2.75) is 13.8 Å². The summed E-state index contributed by atoms with van der Waals surface area (Å²) in [6.45, 7) is 3.96. The maximum Gasteiger partial charge on any atom is 0.251 e. The molecule has 0 saturated carbocycles. The van der Waals surface area contributed by atoms with Crippen LogP contribution < -0.4 is 10.5 Å². The van der Waals surface area contributed by atoms with Crippen LogP contribution in [0.5, 0.6) is 0 Å². The Balaban J connectivity index is 2.16. The van der Waals surface area contributed by atoms with Gasteiger partial charge in [-0.15, -0.1) is 0 Å². The monoisotopic (exact) mass is 295 g/mol. The highest BCUT2D eigenvalue weighted by atomic mass is 32.2. The van der Waals surface area contributed by atoms with Crippen molar-refractivity contribution in [1.82, 2.24) is 10.3 Å². The van der Waals surface area contributed by atoms with E-state index < -0.39 is 10.0 Å². The van der Waals surface area contributed by atoms with Crippen molar-refractivity contribution in [3.63, 3.8) is 0 Å². The van der Waals surface area contributed by atoms with Crippen LogP contribution in [0.25, 0.3) is 10.9 Å². The van der Waals surface area contributed by atoms with Gasteiger partial charge in [-0.25, -0.2) is 13.6 Å². The molecule has 1 heterocycles. The van der Waals surface area contributed by atoms with Gasteiger partial charge in [-0.05, 0) is 37.6 Å². The Morgan fingerprint density at radius 2 is 2.05 bits per heavy atom. The second kappa shape index (κ2) is 5.26. The molecule has 1 amide bonds. The number of hydrogen-bond donors (Lipinski definition) is 3. The Bertz CT molecular complexity index is 763. The first-order valence-corrected chi connectivity index (χ1v) is 7.87. The van der Waals surface area contributed by atoms with Gasteiger partial charge in [0.25, 0.3) is 5.91 Å². The molecule has 7 heteroatoms. The third kappa shape index (κ3) is 3.17. The van der Waals surface area contributed by atoms with Crippen LogP contribution >= 0.6 is 0 Å². The van der Waals surface area contributed by atoms with Crippen LogP contribution in [0.1, 0.15) is 21.6 Å². The van der Waals surface area contributed by atoms with E-state index in [-0.39, 0.29) is 18.2 Å². The lowest BCUT2D eigenvalue weighted by atomic mass is 10.1. The molecule has 0 unspecified atom stereocenters. The fourth-order valence-corrected chi connectivity index (χ4v) is 2.40. The predicted octanol–water partition coefficient (Wildman–Crippen LogP) is 0.803. The molecule has 0 aliphatic carbocycles. The third-order valence-corrected chi connectivity index (χ3v) is 4.02. The topological polar surface area (TPSA) is 105 Å². The largest absolute Gasteiger partial charge is 0.358 e. The maximum atomic E-state index is 11.9. The number of sulfonamides is 1. The van der Waals surface area contributed by atoms with Crippen molar-refractivity contribution in [3.8, 4) is 0 Å². The van der Waals surface area contributed by atoms with Gasteiger partial charge >= 0.3 is 0 Å². The van der Waals surface area contributed by atoms with Gasteiger partial charge in [-0.2, -0.15) is 0 Å². The minimum Gasteiger partial charge on any atom is -0.358 e. The molecule has 2 aromatic rings. The molecule has 0 atom stereocenters. The van der Waals surface area contributed by atoms with E-state index in [9.17, 15) is 13.2 Å². The highest BCUT2D eigenvalue weighted by Gasteiger charge is 2.10. The van der Waals surface area contributed by atoms with Crippen LogP contribution in [0.4, 0.5) is 0 Å². The molecule has 0 aliphatic heterocycles. The lowest BCUT2D eigenvalue weighted by molar-refractivity contribution is 0.0956. The summed E-state index contributed by atoms with van der Waals surface area (Å²) in [5, 5.41) is 8.40. The van der Waals surface area contributed by atoms with Gasteiger partial charge in [0.05, 0.1) is 5.75 Å². The quantitative estimate of drug-likeness (QED) is 0.777. The minimum atomic E-state index is -3.56. The number of nitrogens with two attached hydrogens (primary N) is 1. The van der Waals surface area contributed by atoms with Crippen molar-refractivity contribution in [2.75, 3.05) is 12.3 Å². The van der Waals surface area contributed by atoms with Crippen molar-refractivity contribution in [2.24, 2.45) is 5.14 Å². The van der Waals surface area contributed by atoms with Crippen LogP contribution in [0.2, 0.25) is 0 Å². The molecule has 1 aromatic heterocycles. The van der Waals surface area contributed by atoms with E-state index in [1.54, 1.807) is 12.1 Å². The van der Waals surface area contributed by atoms with Crippen LogP contribution in [-0.2, 0) is 10.0 Å². The molecule has 1 aromatic carbocycles. The number of hydrogen-bond acceptors (Lipinski definition) is 3. The zero-order valence-corrected chi connectivity index (χ0v) is 12.2. The normalized spacial score (nSPS) is 11.8.